The zero-order valence-corrected chi connectivity index (χ0v) is 66.3. The third kappa shape index (κ3) is 13.1. The van der Waals surface area contributed by atoms with Crippen LogP contribution >= 0.6 is 0 Å². The number of nitrogens with two attached hydrogens (primary N) is 1. The minimum atomic E-state index is -0.670. The maximum atomic E-state index is 13.3. The molecule has 19 unspecified atom stereocenters. The molecule has 9 N–H and O–H groups in total. The number of nitrogens with zero attached hydrogens (tertiary/aromatic N) is 8. The summed E-state index contributed by atoms with van der Waals surface area (Å²) < 4.78 is 0. The molecule has 114 heavy (non-hydrogen) atoms. The van der Waals surface area contributed by atoms with E-state index in [4.69, 9.17) is 30.9 Å². The van der Waals surface area contributed by atoms with Crippen LogP contribution in [-0.2, 0) is 33.6 Å². The summed E-state index contributed by atoms with van der Waals surface area (Å²) in [4.78, 5) is 106. The standard InChI is InChI=1S/C19H26N2O3.C19H24N2O2.C18H24N2O3.C18H22N2O2.C17H21N3O2/c1-11(17(23)21-15-3-14(15)4-16(21)20-10-22)18-5-12-2-13(6-18)8-19(24,7-12)9-18;1-11(17(22)21-15-4-14(15)5-16(21)20-2)18-6-12-3-13(7-18)9-19(23,8-12)10-18;1-11(16(22)20-4-2-3-14(20)15(19)21)17-6-12-5-13(7-17)9-18(23,8-12)10-17;1-12(16(21)20-5-3-4-15(20)19-2)17-7-13-6-14(8-17)10-18(22,9-13)11-17;1-19-13-3-2-4-20(13)15(21)14(18)16-6-11-5-12(7-16)9-17(22,8-11)10-16/h10,12-16,24H,1-9H2,(H,20,22);12-16,23H,1,3-10H2;2,4,12-14,23H,1,3,5-10H2,(H2,19,21);3,5,13-15,22H,1,4,6-11H2;2,4,11-13,18,22H,3,5-10H2. The molecule has 0 radical (unpaired) electrons. The van der Waals surface area contributed by atoms with E-state index in [-0.39, 0.29) is 81.3 Å². The van der Waals surface area contributed by atoms with E-state index in [1.165, 1.54) is 40.4 Å². The second-order valence-corrected chi connectivity index (χ2v) is 42.2. The predicted molar refractivity (Wildman–Crippen MR) is 420 cm³/mol. The fourth-order valence-corrected chi connectivity index (χ4v) is 31.1. The summed E-state index contributed by atoms with van der Waals surface area (Å²) in [5, 5.41) is 65.7. The van der Waals surface area contributed by atoms with Gasteiger partial charge < -0.3 is 46.4 Å². The number of likely N-dealkylation sites (tertiary alicyclic amines) is 2. The van der Waals surface area contributed by atoms with E-state index < -0.39 is 57.7 Å². The van der Waals surface area contributed by atoms with Crippen molar-refractivity contribution in [3.05, 3.63) is 120 Å². The summed E-state index contributed by atoms with van der Waals surface area (Å²) in [6, 6.07) is -0.0321. The van der Waals surface area contributed by atoms with E-state index in [1.54, 1.807) is 24.7 Å². The average Bonchev–Trinajstić information content (AvgIpc) is 1.32. The Kier molecular flexibility index (Phi) is 18.5. The van der Waals surface area contributed by atoms with Gasteiger partial charge >= 0.3 is 18.5 Å². The van der Waals surface area contributed by atoms with Crippen molar-refractivity contribution >= 4 is 47.6 Å². The molecule has 5 heterocycles. The number of primary amides is 1. The summed E-state index contributed by atoms with van der Waals surface area (Å²) >= 11 is 0. The van der Waals surface area contributed by atoms with Crippen molar-refractivity contribution in [3.8, 4) is 0 Å². The molecule has 2 saturated heterocycles. The quantitative estimate of drug-likeness (QED) is 0.0369. The van der Waals surface area contributed by atoms with Crippen LogP contribution in [0.25, 0.3) is 14.5 Å². The van der Waals surface area contributed by atoms with Crippen LogP contribution in [0.4, 0.5) is 0 Å². The lowest BCUT2D eigenvalue weighted by Gasteiger charge is -2.60. The minimum Gasteiger partial charge on any atom is -0.390 e. The molecule has 5 aliphatic heterocycles. The number of carbonyl (C=O) groups excluding carboxylic acids is 7. The van der Waals surface area contributed by atoms with Crippen LogP contribution in [0.3, 0.4) is 0 Å². The van der Waals surface area contributed by atoms with Crippen molar-refractivity contribution in [1.82, 2.24) is 29.8 Å². The molecular formula is C91H117N11O12. The first kappa shape index (κ1) is 77.6. The van der Waals surface area contributed by atoms with Crippen molar-refractivity contribution in [3.63, 3.8) is 0 Å². The van der Waals surface area contributed by atoms with Gasteiger partial charge in [0, 0.05) is 86.5 Å². The van der Waals surface area contributed by atoms with E-state index in [2.05, 4.69) is 46.2 Å². The maximum absolute atomic E-state index is 13.3. The van der Waals surface area contributed by atoms with Crippen LogP contribution in [0, 0.1) is 123 Å². The smallest absolute Gasteiger partial charge is 0.308 e. The first-order valence-corrected chi connectivity index (χ1v) is 43.3. The summed E-state index contributed by atoms with van der Waals surface area (Å²) in [7, 11) is 0. The Morgan fingerprint density at radius 3 is 1.04 bits per heavy atom. The molecule has 0 aromatic rings. The normalized spacial score (nSPS) is 47.4. The van der Waals surface area contributed by atoms with E-state index >= 15 is 0 Å². The number of nitrogens with one attached hydrogen (secondary N) is 2. The third-order valence-corrected chi connectivity index (χ3v) is 33.7. The lowest BCUT2D eigenvalue weighted by Crippen LogP contribution is -2.60. The van der Waals surface area contributed by atoms with E-state index in [0.717, 1.165) is 161 Å². The van der Waals surface area contributed by atoms with Crippen LogP contribution in [0.2, 0.25) is 0 Å². The summed E-state index contributed by atoms with van der Waals surface area (Å²) in [5.41, 5.74) is 3.67. The lowest BCUT2D eigenvalue weighted by atomic mass is 9.46. The molecule has 27 aliphatic rings. The van der Waals surface area contributed by atoms with Gasteiger partial charge in [0.05, 0.1) is 40.8 Å². The van der Waals surface area contributed by atoms with Crippen molar-refractivity contribution in [1.29, 1.82) is 5.41 Å². The van der Waals surface area contributed by atoms with Crippen LogP contribution in [0.1, 0.15) is 238 Å². The Hall–Kier alpha value is -7.59. The Morgan fingerprint density at radius 1 is 0.395 bits per heavy atom. The highest BCUT2D eigenvalue weighted by Crippen LogP contribution is 2.70. The average molecular weight is 1560 g/mol. The lowest BCUT2D eigenvalue weighted by molar-refractivity contribution is -0.158. The molecule has 0 spiro atoms. The van der Waals surface area contributed by atoms with Gasteiger partial charge in [-0.3, -0.25) is 58.4 Å². The number of amides is 7. The first-order valence-electron chi connectivity index (χ1n) is 43.3. The predicted octanol–water partition coefficient (Wildman–Crippen LogP) is 11.0. The summed E-state index contributed by atoms with van der Waals surface area (Å²) in [6.45, 7) is 38.6. The van der Waals surface area contributed by atoms with E-state index in [0.29, 0.717) is 151 Å². The number of aliphatic hydroxyl groups is 5. The van der Waals surface area contributed by atoms with Gasteiger partial charge in [0.15, 0.2) is 0 Å². The fourth-order valence-electron chi connectivity index (χ4n) is 31.1. The molecule has 24 fully saturated rings. The van der Waals surface area contributed by atoms with Gasteiger partial charge in [-0.1, -0.05) is 44.5 Å². The van der Waals surface area contributed by atoms with Crippen molar-refractivity contribution in [2.75, 3.05) is 0 Å². The third-order valence-electron chi connectivity index (χ3n) is 33.7. The highest BCUT2D eigenvalue weighted by Gasteiger charge is 2.67. The number of fused-ring (bicyclic) bond motifs is 2. The van der Waals surface area contributed by atoms with Gasteiger partial charge in [-0.05, 0) is 289 Å². The highest BCUT2D eigenvalue weighted by molar-refractivity contribution is 6.40. The topological polar surface area (TPSA) is 312 Å². The Balaban J connectivity index is 0.0000000991. The van der Waals surface area contributed by atoms with Gasteiger partial charge in [0.1, 0.15) is 17.9 Å². The van der Waals surface area contributed by atoms with Crippen molar-refractivity contribution in [2.24, 2.45) is 104 Å². The van der Waals surface area contributed by atoms with Crippen molar-refractivity contribution < 1.29 is 59.1 Å². The molecular weight excluding hydrogens is 1440 g/mol. The SMILES string of the molecule is C=C(C(=O)N1C(NC=O)CC2CC21)C12CC3CC(CC(O)(C3)C1)C2.C=C(C(=O)N1C=CCC1C(N)=O)C12CC3CC(CC(O)(C3)C1)C2.[C-]#[N+]C1CC2CC2N1C(=O)C(=C)C12CC3CC(CC(O)(C3)C1)C2.[C-]#[N+]C1CC=CN1C(=O)C(=C)C12CC3CC(CC(O)(C3)C1)C2.[C-]#[N+]C1CC=CN1C(=O)C(=N)C12CC3CC(CC(O)(C3)C1)C2. The number of hydrogen-bond donors (Lipinski definition) is 8. The first-order chi connectivity index (χ1) is 54.1. The summed E-state index contributed by atoms with van der Waals surface area (Å²) in [5.74, 6) is 5.11. The molecule has 19 atom stereocenters. The zero-order valence-electron chi connectivity index (χ0n) is 66.3. The Morgan fingerprint density at radius 2 is 0.693 bits per heavy atom. The van der Waals surface area contributed by atoms with Crippen LogP contribution in [-0.4, -0.2) is 168 Å². The van der Waals surface area contributed by atoms with Gasteiger partial charge in [-0.25, -0.2) is 29.5 Å². The Bertz CT molecular complexity index is 4220. The monoisotopic (exact) mass is 1560 g/mol. The second-order valence-electron chi connectivity index (χ2n) is 42.2. The molecule has 27 rings (SSSR count). The van der Waals surface area contributed by atoms with E-state index in [1.807, 2.05) is 22.0 Å². The molecule has 0 aromatic heterocycles. The van der Waals surface area contributed by atoms with Crippen molar-refractivity contribution in [2.45, 2.75) is 308 Å². The molecule has 23 nitrogen and oxygen atoms in total. The number of rotatable bonds is 13. The summed E-state index contributed by atoms with van der Waals surface area (Å²) in [6.07, 6.45) is 42.9. The minimum absolute atomic E-state index is 0.0153. The van der Waals surface area contributed by atoms with Crippen LogP contribution in [0.5, 0.6) is 0 Å². The molecule has 0 aromatic carbocycles. The molecule has 22 saturated carbocycles. The molecule has 7 amide bonds. The van der Waals surface area contributed by atoms with Gasteiger partial charge in [0.25, 0.3) is 29.5 Å². The molecule has 23 heteroatoms. The fraction of sp³-hybridized carbons (Fsp3) is 0.725. The molecule has 22 aliphatic carbocycles. The second kappa shape index (κ2) is 27.2. The molecule has 20 bridgehead atoms. The number of carbonyl (C=O) groups is 7. The number of piperidine rings is 2. The Labute approximate surface area is 670 Å². The van der Waals surface area contributed by atoms with Gasteiger partial charge in [-0.15, -0.1) is 0 Å². The van der Waals surface area contributed by atoms with Gasteiger partial charge in [0.2, 0.25) is 12.3 Å². The van der Waals surface area contributed by atoms with Gasteiger partial charge in [-0.2, -0.15) is 0 Å². The maximum Gasteiger partial charge on any atom is 0.308 e. The largest absolute Gasteiger partial charge is 0.390 e. The molecule has 608 valence electrons. The number of hydrogen-bond acceptors (Lipinski definition) is 13. The van der Waals surface area contributed by atoms with Crippen LogP contribution < -0.4 is 11.1 Å². The van der Waals surface area contributed by atoms with E-state index in [9.17, 15) is 59.1 Å². The zero-order chi connectivity index (χ0) is 80.1. The van der Waals surface area contributed by atoms with Crippen LogP contribution in [0.15, 0.2) is 85.4 Å². The highest BCUT2D eigenvalue weighted by atomic mass is 16.3.